The normalized spacial score (nSPS) is 19.6. The van der Waals surface area contributed by atoms with Crippen LogP contribution in [0.1, 0.15) is 26.1 Å². The van der Waals surface area contributed by atoms with Gasteiger partial charge in [0, 0.05) is 23.7 Å². The van der Waals surface area contributed by atoms with E-state index in [4.69, 9.17) is 11.6 Å². The molecule has 1 unspecified atom stereocenters. The lowest BCUT2D eigenvalue weighted by molar-refractivity contribution is -0.129. The Morgan fingerprint density at radius 1 is 1.48 bits per heavy atom. The Kier molecular flexibility index (Phi) is 5.24. The minimum atomic E-state index is -0.471. The average Bonchev–Trinajstić information content (AvgIpc) is 2.95. The first-order valence-electron chi connectivity index (χ1n) is 8.22. The quantitative estimate of drug-likeness (QED) is 0.694. The highest BCUT2D eigenvalue weighted by Gasteiger charge is 2.37. The van der Waals surface area contributed by atoms with E-state index >= 15 is 0 Å². The van der Waals surface area contributed by atoms with Crippen molar-refractivity contribution in [1.29, 1.82) is 0 Å². The number of benzene rings is 1. The fraction of sp³-hybridized carbons (Fsp3) is 0.471. The minimum absolute atomic E-state index is 0.0927. The van der Waals surface area contributed by atoms with Crippen LogP contribution in [0.5, 0.6) is 0 Å². The summed E-state index contributed by atoms with van der Waals surface area (Å²) in [5.74, 6) is 1.24. The molecule has 0 aliphatic carbocycles. The predicted octanol–water partition coefficient (Wildman–Crippen LogP) is 2.28. The van der Waals surface area contributed by atoms with E-state index in [-0.39, 0.29) is 11.8 Å². The topological polar surface area (TPSA) is 86.9 Å². The maximum atomic E-state index is 12.2. The van der Waals surface area contributed by atoms with Crippen LogP contribution in [0.15, 0.2) is 18.2 Å². The van der Waals surface area contributed by atoms with Crippen LogP contribution in [0, 0.1) is 0 Å². The van der Waals surface area contributed by atoms with Gasteiger partial charge in [-0.25, -0.2) is 4.98 Å². The van der Waals surface area contributed by atoms with Gasteiger partial charge in [0.1, 0.15) is 11.9 Å². The zero-order valence-electron chi connectivity index (χ0n) is 14.2. The zero-order chi connectivity index (χ0) is 18.0. The van der Waals surface area contributed by atoms with Gasteiger partial charge >= 0.3 is 0 Å². The SMILES string of the molecule is CC1(C)SCC(C(=O)NCCCc2nc3ccc(Cl)cc3[nH]2)NC1=O. The maximum absolute atomic E-state index is 12.2. The van der Waals surface area contributed by atoms with E-state index in [9.17, 15) is 9.59 Å². The zero-order valence-corrected chi connectivity index (χ0v) is 15.8. The van der Waals surface area contributed by atoms with Gasteiger partial charge in [0.25, 0.3) is 0 Å². The van der Waals surface area contributed by atoms with Gasteiger partial charge in [0.05, 0.1) is 15.8 Å². The Morgan fingerprint density at radius 3 is 3.04 bits per heavy atom. The van der Waals surface area contributed by atoms with Crippen LogP contribution in [-0.4, -0.2) is 44.9 Å². The van der Waals surface area contributed by atoms with Gasteiger partial charge in [-0.1, -0.05) is 11.6 Å². The second kappa shape index (κ2) is 7.25. The number of halogens is 1. The van der Waals surface area contributed by atoms with Crippen LogP contribution >= 0.6 is 23.4 Å². The molecule has 1 atom stereocenters. The summed E-state index contributed by atoms with van der Waals surface area (Å²) in [6.07, 6.45) is 1.49. The molecule has 2 aromatic rings. The summed E-state index contributed by atoms with van der Waals surface area (Å²) in [6, 6.07) is 5.08. The number of thioether (sulfide) groups is 1. The number of hydrogen-bond acceptors (Lipinski definition) is 4. The van der Waals surface area contributed by atoms with Crippen LogP contribution in [0.3, 0.4) is 0 Å². The van der Waals surface area contributed by atoms with E-state index in [0.29, 0.717) is 17.3 Å². The lowest BCUT2D eigenvalue weighted by atomic mass is 10.1. The fourth-order valence-electron chi connectivity index (χ4n) is 2.62. The number of carbonyl (C=O) groups excluding carboxylic acids is 2. The van der Waals surface area contributed by atoms with Crippen molar-refractivity contribution in [3.63, 3.8) is 0 Å². The van der Waals surface area contributed by atoms with Crippen molar-refractivity contribution in [2.45, 2.75) is 37.5 Å². The molecule has 2 heterocycles. The number of nitrogens with one attached hydrogen (secondary N) is 3. The largest absolute Gasteiger partial charge is 0.354 e. The van der Waals surface area contributed by atoms with Gasteiger partial charge in [-0.15, -0.1) is 11.8 Å². The Balaban J connectivity index is 1.45. The van der Waals surface area contributed by atoms with Gasteiger partial charge in [-0.2, -0.15) is 0 Å². The van der Waals surface area contributed by atoms with Gasteiger partial charge in [0.2, 0.25) is 11.8 Å². The Hall–Kier alpha value is -1.73. The van der Waals surface area contributed by atoms with E-state index < -0.39 is 10.8 Å². The van der Waals surface area contributed by atoms with Crippen LogP contribution in [-0.2, 0) is 16.0 Å². The highest BCUT2D eigenvalue weighted by molar-refractivity contribution is 8.01. The van der Waals surface area contributed by atoms with Crippen molar-refractivity contribution < 1.29 is 9.59 Å². The molecule has 6 nitrogen and oxygen atoms in total. The Bertz CT molecular complexity index is 805. The van der Waals surface area contributed by atoms with Crippen LogP contribution in [0.2, 0.25) is 5.02 Å². The number of fused-ring (bicyclic) bond motifs is 1. The van der Waals surface area contributed by atoms with E-state index in [1.165, 1.54) is 11.8 Å². The monoisotopic (exact) mass is 380 g/mol. The molecule has 0 saturated carbocycles. The molecule has 1 aliphatic heterocycles. The van der Waals surface area contributed by atoms with Crippen molar-refractivity contribution in [3.05, 3.63) is 29.0 Å². The highest BCUT2D eigenvalue weighted by atomic mass is 35.5. The van der Waals surface area contributed by atoms with Gasteiger partial charge < -0.3 is 15.6 Å². The number of nitrogens with zero attached hydrogens (tertiary/aromatic N) is 1. The van der Waals surface area contributed by atoms with E-state index in [0.717, 1.165) is 29.7 Å². The molecule has 0 radical (unpaired) electrons. The Labute approximate surface area is 155 Å². The molecular formula is C17H21ClN4O2S. The molecule has 1 aromatic heterocycles. The Morgan fingerprint density at radius 2 is 2.28 bits per heavy atom. The molecule has 8 heteroatoms. The third kappa shape index (κ3) is 4.27. The highest BCUT2D eigenvalue weighted by Crippen LogP contribution is 2.28. The van der Waals surface area contributed by atoms with Gasteiger partial charge in [-0.3, -0.25) is 9.59 Å². The molecule has 134 valence electrons. The van der Waals surface area contributed by atoms with Crippen LogP contribution in [0.25, 0.3) is 11.0 Å². The van der Waals surface area contributed by atoms with E-state index in [1.807, 2.05) is 32.0 Å². The molecule has 1 aliphatic rings. The first-order valence-corrected chi connectivity index (χ1v) is 9.58. The molecular weight excluding hydrogens is 360 g/mol. The average molecular weight is 381 g/mol. The maximum Gasteiger partial charge on any atom is 0.243 e. The fourth-order valence-corrected chi connectivity index (χ4v) is 3.80. The summed E-state index contributed by atoms with van der Waals surface area (Å²) in [7, 11) is 0. The number of carbonyl (C=O) groups is 2. The molecule has 0 bridgehead atoms. The summed E-state index contributed by atoms with van der Waals surface area (Å²) in [4.78, 5) is 31.8. The molecule has 3 N–H and O–H groups in total. The molecule has 3 rings (SSSR count). The molecule has 1 aromatic carbocycles. The first-order chi connectivity index (χ1) is 11.8. The second-order valence-electron chi connectivity index (χ2n) is 6.59. The van der Waals surface area contributed by atoms with Crippen molar-refractivity contribution in [2.24, 2.45) is 0 Å². The number of aryl methyl sites for hydroxylation is 1. The predicted molar refractivity (Wildman–Crippen MR) is 101 cm³/mol. The third-order valence-electron chi connectivity index (χ3n) is 4.16. The summed E-state index contributed by atoms with van der Waals surface area (Å²) in [5.41, 5.74) is 1.80. The molecule has 1 saturated heterocycles. The number of hydrogen-bond donors (Lipinski definition) is 3. The number of aromatic amines is 1. The van der Waals surface area contributed by atoms with Crippen LogP contribution < -0.4 is 10.6 Å². The van der Waals surface area contributed by atoms with Crippen molar-refractivity contribution >= 4 is 46.2 Å². The second-order valence-corrected chi connectivity index (χ2v) is 8.67. The van der Waals surface area contributed by atoms with E-state index in [1.54, 1.807) is 0 Å². The smallest absolute Gasteiger partial charge is 0.243 e. The number of rotatable bonds is 5. The minimum Gasteiger partial charge on any atom is -0.354 e. The number of aromatic nitrogens is 2. The number of H-pyrrole nitrogens is 1. The number of imidazole rings is 1. The summed E-state index contributed by atoms with van der Waals surface area (Å²) >= 11 is 7.47. The van der Waals surface area contributed by atoms with Crippen LogP contribution in [0.4, 0.5) is 0 Å². The van der Waals surface area contributed by atoms with Crippen molar-refractivity contribution in [3.8, 4) is 0 Å². The molecule has 25 heavy (non-hydrogen) atoms. The molecule has 2 amide bonds. The third-order valence-corrected chi connectivity index (χ3v) is 5.80. The first kappa shape index (κ1) is 18.1. The molecule has 0 spiro atoms. The summed E-state index contributed by atoms with van der Waals surface area (Å²) < 4.78 is -0.471. The summed E-state index contributed by atoms with van der Waals surface area (Å²) in [5, 5.41) is 6.34. The lowest BCUT2D eigenvalue weighted by Gasteiger charge is -2.32. The molecule has 1 fully saturated rings. The summed E-state index contributed by atoms with van der Waals surface area (Å²) in [6.45, 7) is 4.26. The van der Waals surface area contributed by atoms with Crippen molar-refractivity contribution in [1.82, 2.24) is 20.6 Å². The lowest BCUT2D eigenvalue weighted by Crippen LogP contribution is -2.57. The standard InChI is InChI=1S/C17H21ClN4O2S/c1-17(2)16(24)22-13(9-25-17)15(23)19-7-3-4-14-20-11-6-5-10(18)8-12(11)21-14/h5-6,8,13H,3-4,7,9H2,1-2H3,(H,19,23)(H,20,21)(H,22,24). The van der Waals surface area contributed by atoms with E-state index in [2.05, 4.69) is 20.6 Å². The van der Waals surface area contributed by atoms with Gasteiger partial charge in [-0.05, 0) is 38.5 Å². The van der Waals surface area contributed by atoms with Gasteiger partial charge in [0.15, 0.2) is 0 Å². The van der Waals surface area contributed by atoms with Crippen molar-refractivity contribution in [2.75, 3.05) is 12.3 Å². The number of amides is 2.